The minimum Gasteiger partial charge on any atom is -0.493 e. The van der Waals surface area contributed by atoms with Crippen molar-refractivity contribution in [1.29, 1.82) is 0 Å². The van der Waals surface area contributed by atoms with Crippen molar-refractivity contribution in [3.8, 4) is 11.6 Å². The zero-order valence-electron chi connectivity index (χ0n) is 8.30. The van der Waals surface area contributed by atoms with Gasteiger partial charge in [-0.1, -0.05) is 18.2 Å². The Hall–Kier alpha value is -1.77. The standard InChI is InChI=1S/C12H12N2O/c15-12-8-11(9-6-7-9)13-14(12)10-4-2-1-3-5-10/h1-5,8-9,15H,6-7H2. The van der Waals surface area contributed by atoms with Gasteiger partial charge in [0.15, 0.2) is 0 Å². The van der Waals surface area contributed by atoms with Gasteiger partial charge in [-0.2, -0.15) is 5.10 Å². The third-order valence-corrected chi connectivity index (χ3v) is 2.71. The van der Waals surface area contributed by atoms with Crippen molar-refractivity contribution in [1.82, 2.24) is 9.78 Å². The highest BCUT2D eigenvalue weighted by atomic mass is 16.3. The molecule has 1 aromatic carbocycles. The molecule has 1 aromatic heterocycles. The van der Waals surface area contributed by atoms with Crippen LogP contribution in [0.3, 0.4) is 0 Å². The van der Waals surface area contributed by atoms with Crippen molar-refractivity contribution in [2.24, 2.45) is 0 Å². The van der Waals surface area contributed by atoms with Crippen molar-refractivity contribution in [2.75, 3.05) is 0 Å². The molecule has 0 aliphatic heterocycles. The molecule has 1 saturated carbocycles. The number of para-hydroxylation sites is 1. The Morgan fingerprint density at radius 1 is 1.20 bits per heavy atom. The van der Waals surface area contributed by atoms with E-state index in [1.165, 1.54) is 12.8 Å². The van der Waals surface area contributed by atoms with Crippen LogP contribution in [0, 0.1) is 0 Å². The monoisotopic (exact) mass is 200 g/mol. The molecule has 15 heavy (non-hydrogen) atoms. The van der Waals surface area contributed by atoms with E-state index in [0.29, 0.717) is 5.92 Å². The van der Waals surface area contributed by atoms with Gasteiger partial charge in [0.25, 0.3) is 0 Å². The Morgan fingerprint density at radius 3 is 2.60 bits per heavy atom. The van der Waals surface area contributed by atoms with Gasteiger partial charge in [0.2, 0.25) is 5.88 Å². The molecule has 1 aliphatic carbocycles. The number of aromatic nitrogens is 2. The summed E-state index contributed by atoms with van der Waals surface area (Å²) in [5.41, 5.74) is 1.92. The summed E-state index contributed by atoms with van der Waals surface area (Å²) in [5.74, 6) is 0.795. The highest BCUT2D eigenvalue weighted by Gasteiger charge is 2.27. The summed E-state index contributed by atoms with van der Waals surface area (Å²) >= 11 is 0. The van der Waals surface area contributed by atoms with Crippen LogP contribution in [-0.4, -0.2) is 14.9 Å². The summed E-state index contributed by atoms with van der Waals surface area (Å²) in [6, 6.07) is 11.5. The van der Waals surface area contributed by atoms with Crippen LogP contribution in [0.2, 0.25) is 0 Å². The van der Waals surface area contributed by atoms with E-state index in [-0.39, 0.29) is 5.88 Å². The Balaban J connectivity index is 2.04. The maximum Gasteiger partial charge on any atom is 0.214 e. The predicted octanol–water partition coefficient (Wildman–Crippen LogP) is 2.46. The van der Waals surface area contributed by atoms with Crippen molar-refractivity contribution < 1.29 is 5.11 Å². The molecule has 0 unspecified atom stereocenters. The largest absolute Gasteiger partial charge is 0.493 e. The average Bonchev–Trinajstić information content (AvgIpc) is 3.04. The number of nitrogens with zero attached hydrogens (tertiary/aromatic N) is 2. The SMILES string of the molecule is Oc1cc(C2CC2)nn1-c1ccccc1. The van der Waals surface area contributed by atoms with E-state index in [4.69, 9.17) is 0 Å². The molecule has 1 N–H and O–H groups in total. The lowest BCUT2D eigenvalue weighted by Crippen LogP contribution is -1.95. The first-order valence-electron chi connectivity index (χ1n) is 5.19. The van der Waals surface area contributed by atoms with Gasteiger partial charge in [-0.3, -0.25) is 0 Å². The van der Waals surface area contributed by atoms with Gasteiger partial charge in [-0.15, -0.1) is 0 Å². The van der Waals surface area contributed by atoms with Gasteiger partial charge in [0, 0.05) is 12.0 Å². The minimum atomic E-state index is 0.225. The van der Waals surface area contributed by atoms with E-state index in [2.05, 4.69) is 5.10 Å². The normalized spacial score (nSPS) is 15.5. The first-order valence-corrected chi connectivity index (χ1v) is 5.19. The van der Waals surface area contributed by atoms with Gasteiger partial charge in [0.1, 0.15) is 0 Å². The van der Waals surface area contributed by atoms with Crippen LogP contribution < -0.4 is 0 Å². The molecule has 0 spiro atoms. The molecule has 1 heterocycles. The molecule has 76 valence electrons. The molecular formula is C12H12N2O. The van der Waals surface area contributed by atoms with Crippen LogP contribution in [0.4, 0.5) is 0 Å². The third kappa shape index (κ3) is 1.50. The second kappa shape index (κ2) is 3.12. The van der Waals surface area contributed by atoms with Crippen LogP contribution in [0.1, 0.15) is 24.5 Å². The molecule has 1 aliphatic rings. The molecule has 0 radical (unpaired) electrons. The van der Waals surface area contributed by atoms with E-state index in [0.717, 1.165) is 11.4 Å². The lowest BCUT2D eigenvalue weighted by atomic mass is 10.3. The molecule has 3 heteroatoms. The van der Waals surface area contributed by atoms with Crippen molar-refractivity contribution in [3.63, 3.8) is 0 Å². The zero-order chi connectivity index (χ0) is 10.3. The predicted molar refractivity (Wildman–Crippen MR) is 57.2 cm³/mol. The van der Waals surface area contributed by atoms with Gasteiger partial charge >= 0.3 is 0 Å². The molecule has 2 aromatic rings. The highest BCUT2D eigenvalue weighted by Crippen LogP contribution is 2.40. The fourth-order valence-corrected chi connectivity index (χ4v) is 1.73. The van der Waals surface area contributed by atoms with Crippen molar-refractivity contribution >= 4 is 0 Å². The van der Waals surface area contributed by atoms with Crippen LogP contribution in [0.5, 0.6) is 5.88 Å². The van der Waals surface area contributed by atoms with Crippen LogP contribution in [0.25, 0.3) is 5.69 Å². The minimum absolute atomic E-state index is 0.225. The molecular weight excluding hydrogens is 188 g/mol. The van der Waals surface area contributed by atoms with Crippen molar-refractivity contribution in [3.05, 3.63) is 42.1 Å². The number of hydrogen-bond acceptors (Lipinski definition) is 2. The van der Waals surface area contributed by atoms with Crippen LogP contribution in [0.15, 0.2) is 36.4 Å². The number of hydrogen-bond donors (Lipinski definition) is 1. The molecule has 3 nitrogen and oxygen atoms in total. The van der Waals surface area contributed by atoms with E-state index in [1.54, 1.807) is 10.7 Å². The first kappa shape index (κ1) is 8.53. The second-order valence-electron chi connectivity index (χ2n) is 3.95. The highest BCUT2D eigenvalue weighted by molar-refractivity contribution is 5.36. The summed E-state index contributed by atoms with van der Waals surface area (Å²) in [6.07, 6.45) is 2.40. The van der Waals surface area contributed by atoms with E-state index < -0.39 is 0 Å². The topological polar surface area (TPSA) is 38.1 Å². The van der Waals surface area contributed by atoms with E-state index in [1.807, 2.05) is 30.3 Å². The summed E-state index contributed by atoms with van der Waals surface area (Å²) in [6.45, 7) is 0. The smallest absolute Gasteiger partial charge is 0.214 e. The third-order valence-electron chi connectivity index (χ3n) is 2.71. The Labute approximate surface area is 88.0 Å². The average molecular weight is 200 g/mol. The maximum absolute atomic E-state index is 9.76. The van der Waals surface area contributed by atoms with Crippen molar-refractivity contribution in [2.45, 2.75) is 18.8 Å². The lowest BCUT2D eigenvalue weighted by molar-refractivity contribution is 0.433. The van der Waals surface area contributed by atoms with E-state index in [9.17, 15) is 5.11 Å². The fraction of sp³-hybridized carbons (Fsp3) is 0.250. The fourth-order valence-electron chi connectivity index (χ4n) is 1.73. The van der Waals surface area contributed by atoms with Crippen LogP contribution >= 0.6 is 0 Å². The number of aromatic hydroxyl groups is 1. The second-order valence-corrected chi connectivity index (χ2v) is 3.95. The first-order chi connectivity index (χ1) is 7.34. The Bertz CT molecular complexity index is 472. The maximum atomic E-state index is 9.76. The van der Waals surface area contributed by atoms with Gasteiger partial charge in [-0.25, -0.2) is 4.68 Å². The summed E-state index contributed by atoms with van der Waals surface area (Å²) in [4.78, 5) is 0. The van der Waals surface area contributed by atoms with Crippen LogP contribution in [-0.2, 0) is 0 Å². The molecule has 0 atom stereocenters. The number of rotatable bonds is 2. The van der Waals surface area contributed by atoms with Gasteiger partial charge in [-0.05, 0) is 25.0 Å². The molecule has 0 saturated heterocycles. The Morgan fingerprint density at radius 2 is 1.93 bits per heavy atom. The summed E-state index contributed by atoms with van der Waals surface area (Å²) in [7, 11) is 0. The molecule has 0 bridgehead atoms. The summed E-state index contributed by atoms with van der Waals surface area (Å²) < 4.78 is 1.59. The van der Waals surface area contributed by atoms with E-state index >= 15 is 0 Å². The van der Waals surface area contributed by atoms with Gasteiger partial charge in [0.05, 0.1) is 11.4 Å². The van der Waals surface area contributed by atoms with Gasteiger partial charge < -0.3 is 5.11 Å². The molecule has 3 rings (SSSR count). The summed E-state index contributed by atoms with van der Waals surface area (Å²) in [5, 5.41) is 14.2. The quantitative estimate of drug-likeness (QED) is 0.808. The molecule has 1 fully saturated rings. The lowest BCUT2D eigenvalue weighted by Gasteiger charge is -2.01. The zero-order valence-corrected chi connectivity index (χ0v) is 8.30. The molecule has 0 amide bonds. The number of benzene rings is 1. The Kier molecular flexibility index (Phi) is 1.78.